The standard InChI is InChI=1S/C20H27F2N5O4/c1-30-6-5-15(23)12-8-25(9-14(12)22)17-13(21)7-11-16(18(17)31-2)26(10-3-4-10)20(29)27(24)19(11)28/h7,10,12,14-15H,3-6,8-9,23-24H2,1-2H3/t12-,14+,15-/m0/s1. The molecule has 2 heterocycles. The van der Waals surface area contributed by atoms with Crippen molar-refractivity contribution in [3.8, 4) is 5.75 Å². The molecular weight excluding hydrogens is 412 g/mol. The number of nitrogens with zero attached hydrogens (tertiary/aromatic N) is 3. The molecule has 3 atom stereocenters. The highest BCUT2D eigenvalue weighted by atomic mass is 19.1. The molecule has 31 heavy (non-hydrogen) atoms. The van der Waals surface area contributed by atoms with Gasteiger partial charge >= 0.3 is 5.69 Å². The number of fused-ring (bicyclic) bond motifs is 1. The van der Waals surface area contributed by atoms with Gasteiger partial charge in [0.15, 0.2) is 11.6 Å². The van der Waals surface area contributed by atoms with E-state index in [1.807, 2.05) is 0 Å². The van der Waals surface area contributed by atoms with Crippen molar-refractivity contribution in [3.63, 3.8) is 0 Å². The van der Waals surface area contributed by atoms with Crippen LogP contribution in [-0.4, -0.2) is 55.4 Å². The maximum absolute atomic E-state index is 15.3. The minimum Gasteiger partial charge on any atom is -0.492 e. The summed E-state index contributed by atoms with van der Waals surface area (Å²) in [5.74, 6) is 4.41. The highest BCUT2D eigenvalue weighted by Gasteiger charge is 2.40. The maximum Gasteiger partial charge on any atom is 0.350 e. The number of hydrogen-bond donors (Lipinski definition) is 2. The SMILES string of the molecule is COCC[C@H](N)[C@H]1CN(c2c(F)cc3c(=O)n(N)c(=O)n(C4CC4)c3c2OC)C[C@H]1F. The van der Waals surface area contributed by atoms with E-state index in [1.165, 1.54) is 16.6 Å². The second kappa shape index (κ2) is 8.12. The van der Waals surface area contributed by atoms with Crippen molar-refractivity contribution in [3.05, 3.63) is 32.7 Å². The minimum atomic E-state index is -1.27. The molecule has 1 saturated heterocycles. The summed E-state index contributed by atoms with van der Waals surface area (Å²) >= 11 is 0. The molecule has 11 heteroatoms. The quantitative estimate of drug-likeness (QED) is 0.603. The largest absolute Gasteiger partial charge is 0.492 e. The fraction of sp³-hybridized carbons (Fsp3) is 0.600. The van der Waals surface area contributed by atoms with Crippen LogP contribution < -0.4 is 32.5 Å². The van der Waals surface area contributed by atoms with Crippen molar-refractivity contribution in [2.24, 2.45) is 11.7 Å². The lowest BCUT2D eigenvalue weighted by Gasteiger charge is -2.25. The smallest absolute Gasteiger partial charge is 0.350 e. The second-order valence-corrected chi connectivity index (χ2v) is 8.23. The summed E-state index contributed by atoms with van der Waals surface area (Å²) in [6, 6.07) is 0.437. The summed E-state index contributed by atoms with van der Waals surface area (Å²) in [5, 5.41) is -0.0589. The number of hydrogen-bond acceptors (Lipinski definition) is 7. The average Bonchev–Trinajstić information content (AvgIpc) is 3.51. The van der Waals surface area contributed by atoms with Gasteiger partial charge in [0, 0.05) is 44.8 Å². The molecule has 1 saturated carbocycles. The van der Waals surface area contributed by atoms with Crippen molar-refractivity contribution in [1.82, 2.24) is 9.24 Å². The van der Waals surface area contributed by atoms with Crippen LogP contribution in [0.4, 0.5) is 14.5 Å². The number of ether oxygens (including phenoxy) is 2. The third-order valence-electron chi connectivity index (χ3n) is 6.21. The van der Waals surface area contributed by atoms with Crippen LogP contribution in [0.1, 0.15) is 25.3 Å². The van der Waals surface area contributed by atoms with Crippen molar-refractivity contribution < 1.29 is 18.3 Å². The van der Waals surface area contributed by atoms with Gasteiger partial charge < -0.3 is 25.9 Å². The topological polar surface area (TPSA) is 118 Å². The van der Waals surface area contributed by atoms with Crippen LogP contribution in [0, 0.1) is 11.7 Å². The van der Waals surface area contributed by atoms with E-state index in [9.17, 15) is 14.0 Å². The molecule has 1 aromatic carbocycles. The first-order valence-corrected chi connectivity index (χ1v) is 10.3. The zero-order chi connectivity index (χ0) is 22.4. The van der Waals surface area contributed by atoms with Crippen LogP contribution in [0.15, 0.2) is 15.7 Å². The fourth-order valence-corrected chi connectivity index (χ4v) is 4.44. The van der Waals surface area contributed by atoms with Gasteiger partial charge in [0.05, 0.1) is 12.5 Å². The van der Waals surface area contributed by atoms with Crippen LogP contribution in [0.25, 0.3) is 10.9 Å². The van der Waals surface area contributed by atoms with Crippen molar-refractivity contribution >= 4 is 16.6 Å². The zero-order valence-corrected chi connectivity index (χ0v) is 17.5. The van der Waals surface area contributed by atoms with Gasteiger partial charge in [0.25, 0.3) is 5.56 Å². The number of halogens is 2. The van der Waals surface area contributed by atoms with Crippen LogP contribution in [0.2, 0.25) is 0 Å². The van der Waals surface area contributed by atoms with Crippen molar-refractivity contribution in [2.75, 3.05) is 44.7 Å². The third-order valence-corrected chi connectivity index (χ3v) is 6.21. The summed E-state index contributed by atoms with van der Waals surface area (Å²) in [6.45, 7) is 0.495. The maximum atomic E-state index is 15.3. The minimum absolute atomic E-state index is 0.0158. The Kier molecular flexibility index (Phi) is 5.65. The van der Waals surface area contributed by atoms with Gasteiger partial charge in [-0.05, 0) is 25.3 Å². The van der Waals surface area contributed by atoms with E-state index in [4.69, 9.17) is 21.1 Å². The van der Waals surface area contributed by atoms with Crippen molar-refractivity contribution in [2.45, 2.75) is 37.5 Å². The number of aromatic nitrogens is 2. The predicted molar refractivity (Wildman–Crippen MR) is 112 cm³/mol. The average molecular weight is 439 g/mol. The summed E-state index contributed by atoms with van der Waals surface area (Å²) in [4.78, 5) is 26.8. The molecule has 2 aliphatic rings. The molecule has 0 amide bonds. The first-order valence-electron chi connectivity index (χ1n) is 10.3. The van der Waals surface area contributed by atoms with Gasteiger partial charge in [-0.2, -0.15) is 4.68 Å². The number of rotatable bonds is 7. The third kappa shape index (κ3) is 3.55. The Labute approximate surface area is 177 Å². The molecule has 2 aromatic rings. The normalized spacial score (nSPS) is 22.3. The Morgan fingerprint density at radius 1 is 1.26 bits per heavy atom. The predicted octanol–water partition coefficient (Wildman–Crippen LogP) is 0.498. The molecule has 1 aliphatic carbocycles. The van der Waals surface area contributed by atoms with Gasteiger partial charge in [-0.15, -0.1) is 0 Å². The van der Waals surface area contributed by atoms with E-state index in [0.29, 0.717) is 17.7 Å². The molecule has 1 aliphatic heterocycles. The summed E-state index contributed by atoms with van der Waals surface area (Å²) in [6.07, 6.45) is 0.671. The summed E-state index contributed by atoms with van der Waals surface area (Å²) < 4.78 is 42.5. The van der Waals surface area contributed by atoms with Gasteiger partial charge in [-0.25, -0.2) is 13.6 Å². The fourth-order valence-electron chi connectivity index (χ4n) is 4.44. The van der Waals surface area contributed by atoms with E-state index < -0.39 is 35.2 Å². The lowest BCUT2D eigenvalue weighted by atomic mass is 9.96. The number of nitrogen functional groups attached to an aromatic ring is 1. The first-order chi connectivity index (χ1) is 14.8. The van der Waals surface area contributed by atoms with E-state index in [0.717, 1.165) is 18.9 Å². The molecular formula is C20H27F2N5O4. The molecule has 0 radical (unpaired) electrons. The van der Waals surface area contributed by atoms with Gasteiger partial charge in [-0.3, -0.25) is 9.36 Å². The summed E-state index contributed by atoms with van der Waals surface area (Å²) in [7, 11) is 2.88. The van der Waals surface area contributed by atoms with E-state index in [2.05, 4.69) is 0 Å². The molecule has 0 bridgehead atoms. The van der Waals surface area contributed by atoms with Crippen molar-refractivity contribution in [1.29, 1.82) is 0 Å². The Hall–Kier alpha value is -2.66. The Bertz CT molecular complexity index is 1110. The van der Waals surface area contributed by atoms with Gasteiger partial charge in [-0.1, -0.05) is 0 Å². The Balaban J connectivity index is 1.85. The van der Waals surface area contributed by atoms with Gasteiger partial charge in [0.1, 0.15) is 17.4 Å². The van der Waals surface area contributed by atoms with E-state index >= 15 is 4.39 Å². The summed E-state index contributed by atoms with van der Waals surface area (Å²) in [5.41, 5.74) is 4.84. The second-order valence-electron chi connectivity index (χ2n) is 8.23. The molecule has 2 fully saturated rings. The molecule has 0 unspecified atom stereocenters. The molecule has 0 spiro atoms. The zero-order valence-electron chi connectivity index (χ0n) is 17.5. The number of nitrogens with two attached hydrogens (primary N) is 2. The molecule has 4 rings (SSSR count). The van der Waals surface area contributed by atoms with Crippen LogP contribution in [-0.2, 0) is 4.74 Å². The van der Waals surface area contributed by atoms with E-state index in [1.54, 1.807) is 7.11 Å². The number of benzene rings is 1. The number of anilines is 1. The van der Waals surface area contributed by atoms with Crippen LogP contribution in [0.5, 0.6) is 5.75 Å². The molecule has 170 valence electrons. The molecule has 1 aromatic heterocycles. The molecule has 9 nitrogen and oxygen atoms in total. The lowest BCUT2D eigenvalue weighted by Crippen LogP contribution is -2.44. The Morgan fingerprint density at radius 3 is 2.58 bits per heavy atom. The van der Waals surface area contributed by atoms with Gasteiger partial charge in [0.2, 0.25) is 0 Å². The van der Waals surface area contributed by atoms with Crippen LogP contribution >= 0.6 is 0 Å². The first kappa shape index (κ1) is 21.6. The Morgan fingerprint density at radius 2 is 1.97 bits per heavy atom. The van der Waals surface area contributed by atoms with Crippen LogP contribution in [0.3, 0.4) is 0 Å². The monoisotopic (exact) mass is 439 g/mol. The lowest BCUT2D eigenvalue weighted by molar-refractivity contribution is 0.166. The highest BCUT2D eigenvalue weighted by molar-refractivity contribution is 5.91. The van der Waals surface area contributed by atoms with E-state index in [-0.39, 0.29) is 41.5 Å². The highest BCUT2D eigenvalue weighted by Crippen LogP contribution is 2.43. The number of alkyl halides is 1. The molecule has 4 N–H and O–H groups in total. The number of methoxy groups -OCH3 is 2.